The van der Waals surface area contributed by atoms with E-state index in [-0.39, 0.29) is 62.0 Å². The van der Waals surface area contributed by atoms with Crippen molar-refractivity contribution in [2.75, 3.05) is 40.3 Å². The summed E-state index contributed by atoms with van der Waals surface area (Å²) in [5.41, 5.74) is -4.13. The zero-order valence-corrected chi connectivity index (χ0v) is 21.0. The molecule has 0 spiro atoms. The van der Waals surface area contributed by atoms with Crippen molar-refractivity contribution in [2.24, 2.45) is 4.99 Å². The number of hydrogen-bond donors (Lipinski definition) is 2. The van der Waals surface area contributed by atoms with Gasteiger partial charge in [0, 0.05) is 25.7 Å². The number of rotatable bonds is 7. The fourth-order valence-corrected chi connectivity index (χ4v) is 4.30. The van der Waals surface area contributed by atoms with Crippen molar-refractivity contribution < 1.29 is 21.6 Å². The first-order valence-electron chi connectivity index (χ1n) is 9.89. The molecule has 0 aromatic heterocycles. The third kappa shape index (κ3) is 7.75. The highest BCUT2D eigenvalue weighted by Gasteiger charge is 2.50. The summed E-state index contributed by atoms with van der Waals surface area (Å²) in [5, 5.41) is 6.38. The number of halogens is 4. The summed E-state index contributed by atoms with van der Waals surface area (Å²) in [6.45, 7) is 2.70. The fourth-order valence-electron chi connectivity index (χ4n) is 3.32. The van der Waals surface area contributed by atoms with Crippen molar-refractivity contribution >= 4 is 40.0 Å². The Bertz CT molecular complexity index is 799. The SMILES string of the molecule is CCNC(=NCC(c1ccccc1)N(C)C)NC1CCN(S(=O)(=O)C(F)(F)F)CC1.I. The van der Waals surface area contributed by atoms with E-state index in [9.17, 15) is 21.6 Å². The Morgan fingerprint density at radius 3 is 2.29 bits per heavy atom. The molecule has 0 radical (unpaired) electrons. The number of aliphatic imine (C=N–C) groups is 1. The quantitative estimate of drug-likeness (QED) is 0.296. The van der Waals surface area contributed by atoms with Crippen LogP contribution in [0, 0.1) is 0 Å². The Hall–Kier alpha value is -1.12. The van der Waals surface area contributed by atoms with Crippen LogP contribution in [0.3, 0.4) is 0 Å². The molecular weight excluding hydrogens is 546 g/mol. The van der Waals surface area contributed by atoms with Crippen molar-refractivity contribution in [3.05, 3.63) is 35.9 Å². The van der Waals surface area contributed by atoms with Gasteiger partial charge in [-0.25, -0.2) is 8.42 Å². The molecule has 0 aliphatic carbocycles. The first-order valence-corrected chi connectivity index (χ1v) is 11.3. The molecule has 0 amide bonds. The molecule has 1 heterocycles. The monoisotopic (exact) mass is 577 g/mol. The number of guanidine groups is 1. The normalized spacial score (nSPS) is 17.8. The number of hydrogen-bond acceptors (Lipinski definition) is 4. The minimum Gasteiger partial charge on any atom is -0.357 e. The highest BCUT2D eigenvalue weighted by molar-refractivity contribution is 14.0. The maximum atomic E-state index is 12.7. The number of piperidine rings is 1. The third-order valence-corrected chi connectivity index (χ3v) is 6.63. The van der Waals surface area contributed by atoms with Crippen LogP contribution in [0.25, 0.3) is 0 Å². The minimum atomic E-state index is -5.27. The number of nitrogens with one attached hydrogen (secondary N) is 2. The molecule has 1 fully saturated rings. The first-order chi connectivity index (χ1) is 14.1. The molecular formula is C19H31F3IN5O2S. The van der Waals surface area contributed by atoms with E-state index in [1.807, 2.05) is 51.4 Å². The van der Waals surface area contributed by atoms with E-state index < -0.39 is 15.5 Å². The second kappa shape index (κ2) is 12.2. The molecule has 1 unspecified atom stereocenters. The zero-order valence-electron chi connectivity index (χ0n) is 17.9. The molecule has 31 heavy (non-hydrogen) atoms. The van der Waals surface area contributed by atoms with Gasteiger partial charge in [0.25, 0.3) is 0 Å². The molecule has 2 N–H and O–H groups in total. The van der Waals surface area contributed by atoms with Crippen molar-refractivity contribution in [3.8, 4) is 0 Å². The van der Waals surface area contributed by atoms with Crippen LogP contribution in [0.2, 0.25) is 0 Å². The Balaban J connectivity index is 0.00000480. The van der Waals surface area contributed by atoms with E-state index in [1.165, 1.54) is 0 Å². The Morgan fingerprint density at radius 1 is 1.23 bits per heavy atom. The van der Waals surface area contributed by atoms with Crippen LogP contribution >= 0.6 is 24.0 Å². The lowest BCUT2D eigenvalue weighted by atomic mass is 10.1. The van der Waals surface area contributed by atoms with E-state index in [4.69, 9.17) is 0 Å². The van der Waals surface area contributed by atoms with Gasteiger partial charge in [0.05, 0.1) is 12.6 Å². The van der Waals surface area contributed by atoms with Gasteiger partial charge in [-0.1, -0.05) is 30.3 Å². The van der Waals surface area contributed by atoms with Crippen LogP contribution < -0.4 is 10.6 Å². The van der Waals surface area contributed by atoms with Gasteiger partial charge in [0.1, 0.15) is 0 Å². The van der Waals surface area contributed by atoms with Gasteiger partial charge >= 0.3 is 15.5 Å². The van der Waals surface area contributed by atoms with Crippen LogP contribution in [0.4, 0.5) is 13.2 Å². The van der Waals surface area contributed by atoms with Crippen molar-refractivity contribution in [2.45, 2.75) is 37.4 Å². The summed E-state index contributed by atoms with van der Waals surface area (Å²) >= 11 is 0. The van der Waals surface area contributed by atoms with E-state index >= 15 is 0 Å². The van der Waals surface area contributed by atoms with Crippen LogP contribution in [-0.2, 0) is 10.0 Å². The minimum absolute atomic E-state index is 0. The van der Waals surface area contributed by atoms with Crippen LogP contribution in [0.5, 0.6) is 0 Å². The molecule has 7 nitrogen and oxygen atoms in total. The predicted molar refractivity (Wildman–Crippen MR) is 127 cm³/mol. The van der Waals surface area contributed by atoms with Crippen molar-refractivity contribution in [1.29, 1.82) is 0 Å². The summed E-state index contributed by atoms with van der Waals surface area (Å²) in [4.78, 5) is 6.73. The molecule has 1 aromatic rings. The number of sulfonamides is 1. The average Bonchev–Trinajstić information content (AvgIpc) is 2.68. The maximum absolute atomic E-state index is 12.7. The van der Waals surface area contributed by atoms with E-state index in [0.717, 1.165) is 5.56 Å². The van der Waals surface area contributed by atoms with Crippen LogP contribution in [0.15, 0.2) is 35.3 Å². The summed E-state index contributed by atoms with van der Waals surface area (Å²) in [5.74, 6) is 0.567. The number of alkyl halides is 3. The molecule has 0 saturated carbocycles. The van der Waals surface area contributed by atoms with Gasteiger partial charge in [-0.3, -0.25) is 4.99 Å². The van der Waals surface area contributed by atoms with Gasteiger partial charge in [-0.05, 0) is 39.4 Å². The molecule has 1 aromatic carbocycles. The molecule has 1 aliphatic heterocycles. The van der Waals surface area contributed by atoms with E-state index in [0.29, 0.717) is 23.4 Å². The van der Waals surface area contributed by atoms with Gasteiger partial charge in [-0.2, -0.15) is 17.5 Å². The number of likely N-dealkylation sites (N-methyl/N-ethyl adjacent to an activating group) is 1. The second-order valence-corrected chi connectivity index (χ2v) is 9.31. The summed E-state index contributed by atoms with van der Waals surface area (Å²) < 4.78 is 61.8. The standard InChI is InChI=1S/C19H30F3N5O2S.HI/c1-4-23-18(24-14-17(26(2)3)15-8-6-5-7-9-15)25-16-10-12-27(13-11-16)30(28,29)19(20,21)22;/h5-9,16-17H,4,10-14H2,1-3H3,(H2,23,24,25);1H. The second-order valence-electron chi connectivity index (χ2n) is 7.38. The molecule has 12 heteroatoms. The largest absolute Gasteiger partial charge is 0.511 e. The summed E-state index contributed by atoms with van der Waals surface area (Å²) in [7, 11) is -1.32. The van der Waals surface area contributed by atoms with Gasteiger partial charge in [-0.15, -0.1) is 24.0 Å². The average molecular weight is 577 g/mol. The number of benzene rings is 1. The zero-order chi connectivity index (χ0) is 22.4. The van der Waals surface area contributed by atoms with Gasteiger partial charge < -0.3 is 15.5 Å². The number of nitrogens with zero attached hydrogens (tertiary/aromatic N) is 3. The lowest BCUT2D eigenvalue weighted by molar-refractivity contribution is -0.0494. The maximum Gasteiger partial charge on any atom is 0.511 e. The fraction of sp³-hybridized carbons (Fsp3) is 0.632. The van der Waals surface area contributed by atoms with Crippen molar-refractivity contribution in [1.82, 2.24) is 19.8 Å². The van der Waals surface area contributed by atoms with E-state index in [2.05, 4.69) is 20.5 Å². The third-order valence-electron chi connectivity index (χ3n) is 5.00. The Morgan fingerprint density at radius 2 is 1.81 bits per heavy atom. The summed E-state index contributed by atoms with van der Waals surface area (Å²) in [6.07, 6.45) is 0.547. The molecule has 2 rings (SSSR count). The Kier molecular flexibility index (Phi) is 11.0. The lowest BCUT2D eigenvalue weighted by Crippen LogP contribution is -2.51. The Labute approximate surface area is 199 Å². The van der Waals surface area contributed by atoms with Gasteiger partial charge in [0.15, 0.2) is 5.96 Å². The predicted octanol–water partition coefficient (Wildman–Crippen LogP) is 2.78. The topological polar surface area (TPSA) is 77.0 Å². The highest BCUT2D eigenvalue weighted by atomic mass is 127. The van der Waals surface area contributed by atoms with Crippen LogP contribution in [0.1, 0.15) is 31.4 Å². The lowest BCUT2D eigenvalue weighted by Gasteiger charge is -2.32. The smallest absolute Gasteiger partial charge is 0.357 e. The molecule has 178 valence electrons. The molecule has 1 atom stereocenters. The molecule has 0 bridgehead atoms. The summed E-state index contributed by atoms with van der Waals surface area (Å²) in [6, 6.07) is 9.90. The highest BCUT2D eigenvalue weighted by Crippen LogP contribution is 2.29. The van der Waals surface area contributed by atoms with Crippen LogP contribution in [-0.4, -0.2) is 75.4 Å². The van der Waals surface area contributed by atoms with Crippen molar-refractivity contribution in [3.63, 3.8) is 0 Å². The van der Waals surface area contributed by atoms with E-state index in [1.54, 1.807) is 0 Å². The first kappa shape index (κ1) is 27.9. The molecule has 1 aliphatic rings. The molecule has 1 saturated heterocycles. The van der Waals surface area contributed by atoms with Gasteiger partial charge in [0.2, 0.25) is 0 Å².